The van der Waals surface area contributed by atoms with E-state index in [1.165, 1.54) is 5.56 Å². The molecule has 0 atom stereocenters. The lowest BCUT2D eigenvalue weighted by molar-refractivity contribution is 0.469. The summed E-state index contributed by atoms with van der Waals surface area (Å²) in [5, 5.41) is 9.64. The van der Waals surface area contributed by atoms with Crippen molar-refractivity contribution < 1.29 is 5.11 Å². The molecule has 0 heterocycles. The van der Waals surface area contributed by atoms with Crippen LogP contribution in [-0.4, -0.2) is 5.11 Å². The fourth-order valence-corrected chi connectivity index (χ4v) is 1.56. The van der Waals surface area contributed by atoms with Gasteiger partial charge < -0.3 is 10.8 Å². The normalized spacial score (nSPS) is 10.1. The number of anilines is 1. The maximum atomic E-state index is 9.64. The fourth-order valence-electron chi connectivity index (χ4n) is 1.56. The Labute approximate surface area is 89.0 Å². The Morgan fingerprint density at radius 3 is 2.47 bits per heavy atom. The fraction of sp³-hybridized carbons (Fsp3) is 0.0769. The molecule has 0 radical (unpaired) electrons. The highest BCUT2D eigenvalue weighted by atomic mass is 16.3. The van der Waals surface area contributed by atoms with Crippen LogP contribution >= 0.6 is 0 Å². The van der Waals surface area contributed by atoms with E-state index >= 15 is 0 Å². The summed E-state index contributed by atoms with van der Waals surface area (Å²) in [4.78, 5) is 0. The van der Waals surface area contributed by atoms with Gasteiger partial charge in [0, 0.05) is 17.7 Å². The first-order valence-corrected chi connectivity index (χ1v) is 4.87. The molecule has 0 aliphatic rings. The predicted molar refractivity (Wildman–Crippen MR) is 61.8 cm³/mol. The van der Waals surface area contributed by atoms with Crippen molar-refractivity contribution in [3.63, 3.8) is 0 Å². The van der Waals surface area contributed by atoms with Crippen molar-refractivity contribution in [2.75, 3.05) is 5.73 Å². The summed E-state index contributed by atoms with van der Waals surface area (Å²) in [5.74, 6) is 0.299. The maximum absolute atomic E-state index is 9.64. The first-order chi connectivity index (χ1) is 7.25. The van der Waals surface area contributed by atoms with Crippen molar-refractivity contribution in [1.82, 2.24) is 0 Å². The second-order valence-electron chi connectivity index (χ2n) is 3.55. The predicted octanol–water partition coefficient (Wildman–Crippen LogP) is 2.57. The van der Waals surface area contributed by atoms with Crippen molar-refractivity contribution in [3.8, 4) is 5.75 Å². The number of hydrogen-bond donors (Lipinski definition) is 2. The van der Waals surface area contributed by atoms with E-state index in [1.54, 1.807) is 12.1 Å². The average Bonchev–Trinajstić information content (AvgIpc) is 2.25. The van der Waals surface area contributed by atoms with E-state index in [9.17, 15) is 5.11 Å². The van der Waals surface area contributed by atoms with Gasteiger partial charge in [0.15, 0.2) is 0 Å². The van der Waals surface area contributed by atoms with Crippen LogP contribution in [0.25, 0.3) is 0 Å². The number of rotatable bonds is 2. The Kier molecular flexibility index (Phi) is 2.59. The van der Waals surface area contributed by atoms with Gasteiger partial charge in [0.25, 0.3) is 0 Å². The summed E-state index contributed by atoms with van der Waals surface area (Å²) in [6, 6.07) is 15.1. The van der Waals surface area contributed by atoms with E-state index in [0.717, 1.165) is 5.56 Å². The van der Waals surface area contributed by atoms with Gasteiger partial charge >= 0.3 is 0 Å². The minimum absolute atomic E-state index is 0.299. The number of aromatic hydroxyl groups is 1. The number of phenolic OH excluding ortho intramolecular Hbond substituents is 1. The topological polar surface area (TPSA) is 46.2 Å². The zero-order valence-corrected chi connectivity index (χ0v) is 8.35. The molecule has 2 aromatic carbocycles. The molecule has 15 heavy (non-hydrogen) atoms. The minimum Gasteiger partial charge on any atom is -0.508 e. The van der Waals surface area contributed by atoms with Crippen molar-refractivity contribution in [1.29, 1.82) is 0 Å². The lowest BCUT2D eigenvalue weighted by Crippen LogP contribution is -1.91. The SMILES string of the molecule is Nc1ccc(O)c(Cc2ccccc2)c1. The zero-order valence-electron chi connectivity index (χ0n) is 8.35. The third kappa shape index (κ3) is 2.29. The van der Waals surface area contributed by atoms with Crippen molar-refractivity contribution in [2.45, 2.75) is 6.42 Å². The third-order valence-corrected chi connectivity index (χ3v) is 2.34. The molecule has 0 bridgehead atoms. The molecule has 0 unspecified atom stereocenters. The molecule has 2 rings (SSSR count). The van der Waals surface area contributed by atoms with Gasteiger partial charge in [-0.05, 0) is 23.8 Å². The number of nitrogens with two attached hydrogens (primary N) is 1. The molecule has 0 amide bonds. The van der Waals surface area contributed by atoms with Crippen molar-refractivity contribution in [3.05, 3.63) is 59.7 Å². The molecule has 0 fully saturated rings. The highest BCUT2D eigenvalue weighted by molar-refractivity contribution is 5.48. The van der Waals surface area contributed by atoms with Crippen LogP contribution in [0.4, 0.5) is 5.69 Å². The maximum Gasteiger partial charge on any atom is 0.119 e. The molecular weight excluding hydrogens is 186 g/mol. The van der Waals surface area contributed by atoms with Crippen LogP contribution in [0.15, 0.2) is 48.5 Å². The van der Waals surface area contributed by atoms with Gasteiger partial charge in [-0.1, -0.05) is 30.3 Å². The summed E-state index contributed by atoms with van der Waals surface area (Å²) in [7, 11) is 0. The second-order valence-corrected chi connectivity index (χ2v) is 3.55. The van der Waals surface area contributed by atoms with Crippen molar-refractivity contribution in [2.24, 2.45) is 0 Å². The molecule has 0 aliphatic heterocycles. The third-order valence-electron chi connectivity index (χ3n) is 2.34. The van der Waals surface area contributed by atoms with Gasteiger partial charge in [-0.25, -0.2) is 0 Å². The summed E-state index contributed by atoms with van der Waals surface area (Å²) in [6.07, 6.45) is 0.706. The average molecular weight is 199 g/mol. The van der Waals surface area contributed by atoms with Crippen LogP contribution in [0.5, 0.6) is 5.75 Å². The molecule has 3 N–H and O–H groups in total. The number of benzene rings is 2. The van der Waals surface area contributed by atoms with E-state index in [1.807, 2.05) is 36.4 Å². The second kappa shape index (κ2) is 4.05. The summed E-state index contributed by atoms with van der Waals surface area (Å²) < 4.78 is 0. The summed E-state index contributed by atoms with van der Waals surface area (Å²) in [5.41, 5.74) is 8.38. The Morgan fingerprint density at radius 2 is 1.73 bits per heavy atom. The molecule has 2 aromatic rings. The van der Waals surface area contributed by atoms with Gasteiger partial charge in [-0.2, -0.15) is 0 Å². The Hall–Kier alpha value is -1.96. The molecule has 0 aliphatic carbocycles. The van der Waals surface area contributed by atoms with E-state index in [-0.39, 0.29) is 0 Å². The summed E-state index contributed by atoms with van der Waals surface area (Å²) in [6.45, 7) is 0. The molecule has 0 aromatic heterocycles. The highest BCUT2D eigenvalue weighted by Crippen LogP contribution is 2.22. The molecule has 0 saturated carbocycles. The smallest absolute Gasteiger partial charge is 0.119 e. The van der Waals surface area contributed by atoms with E-state index in [0.29, 0.717) is 17.9 Å². The van der Waals surface area contributed by atoms with E-state index in [4.69, 9.17) is 5.73 Å². The van der Waals surface area contributed by atoms with Gasteiger partial charge in [0.05, 0.1) is 0 Å². The standard InChI is InChI=1S/C13H13NO/c14-12-6-7-13(15)11(9-12)8-10-4-2-1-3-5-10/h1-7,9,15H,8,14H2. The lowest BCUT2D eigenvalue weighted by Gasteiger charge is -2.05. The van der Waals surface area contributed by atoms with E-state index in [2.05, 4.69) is 0 Å². The minimum atomic E-state index is 0.299. The zero-order chi connectivity index (χ0) is 10.7. The number of hydrogen-bond acceptors (Lipinski definition) is 2. The molecule has 2 nitrogen and oxygen atoms in total. The Bertz CT molecular complexity index is 451. The van der Waals surface area contributed by atoms with Gasteiger partial charge in [-0.3, -0.25) is 0 Å². The number of phenols is 1. The van der Waals surface area contributed by atoms with Gasteiger partial charge in [0.1, 0.15) is 5.75 Å². The molecule has 0 spiro atoms. The molecule has 0 saturated heterocycles. The van der Waals surface area contributed by atoms with Gasteiger partial charge in [0.2, 0.25) is 0 Å². The molecular formula is C13H13NO. The quantitative estimate of drug-likeness (QED) is 0.576. The van der Waals surface area contributed by atoms with Gasteiger partial charge in [-0.15, -0.1) is 0 Å². The van der Waals surface area contributed by atoms with Crippen LogP contribution < -0.4 is 5.73 Å². The monoisotopic (exact) mass is 199 g/mol. The summed E-state index contributed by atoms with van der Waals surface area (Å²) >= 11 is 0. The van der Waals surface area contributed by atoms with Crippen LogP contribution in [0.1, 0.15) is 11.1 Å². The highest BCUT2D eigenvalue weighted by Gasteiger charge is 2.02. The van der Waals surface area contributed by atoms with Crippen LogP contribution in [0.2, 0.25) is 0 Å². The molecule has 76 valence electrons. The Balaban J connectivity index is 2.28. The first kappa shape index (κ1) is 9.59. The first-order valence-electron chi connectivity index (χ1n) is 4.87. The van der Waals surface area contributed by atoms with Crippen LogP contribution in [0.3, 0.4) is 0 Å². The molecule has 2 heteroatoms. The van der Waals surface area contributed by atoms with Crippen molar-refractivity contribution >= 4 is 5.69 Å². The lowest BCUT2D eigenvalue weighted by atomic mass is 10.0. The Morgan fingerprint density at radius 1 is 1.00 bits per heavy atom. The van der Waals surface area contributed by atoms with Crippen LogP contribution in [-0.2, 0) is 6.42 Å². The van der Waals surface area contributed by atoms with Crippen LogP contribution in [0, 0.1) is 0 Å². The number of nitrogen functional groups attached to an aromatic ring is 1. The van der Waals surface area contributed by atoms with E-state index < -0.39 is 0 Å². The largest absolute Gasteiger partial charge is 0.508 e.